The van der Waals surface area contributed by atoms with E-state index in [1.54, 1.807) is 11.8 Å². The third kappa shape index (κ3) is 3.60. The fraction of sp³-hybridized carbons (Fsp3) is 0.455. The van der Waals surface area contributed by atoms with E-state index in [1.165, 1.54) is 0 Å². The molecule has 0 atom stereocenters. The predicted octanol–water partition coefficient (Wildman–Crippen LogP) is 2.56. The first-order chi connectivity index (χ1) is 6.88. The normalized spacial score (nSPS) is 10.1. The summed E-state index contributed by atoms with van der Waals surface area (Å²) in [4.78, 5) is 1.11. The first kappa shape index (κ1) is 11.4. The molecule has 1 N–H and O–H groups in total. The van der Waals surface area contributed by atoms with E-state index in [-0.39, 0.29) is 6.61 Å². The second-order valence-electron chi connectivity index (χ2n) is 2.87. The van der Waals surface area contributed by atoms with Crippen LogP contribution in [0.25, 0.3) is 0 Å². The zero-order valence-corrected chi connectivity index (χ0v) is 9.22. The molecular formula is C11H16O2S. The van der Waals surface area contributed by atoms with Crippen molar-refractivity contribution in [3.05, 3.63) is 24.3 Å². The standard InChI is InChI=1S/C11H16O2S/c1-2-8-13-10-5-3-4-6-11(10)14-9-7-12/h3-6,12H,2,7-9H2,1H3. The Hall–Kier alpha value is -0.670. The minimum atomic E-state index is 0.201. The third-order valence-corrected chi connectivity index (χ3v) is 2.69. The number of ether oxygens (including phenoxy) is 1. The summed E-state index contributed by atoms with van der Waals surface area (Å²) in [6.45, 7) is 3.03. The molecule has 0 saturated carbocycles. The lowest BCUT2D eigenvalue weighted by Crippen LogP contribution is -1.96. The van der Waals surface area contributed by atoms with Crippen molar-refractivity contribution in [2.75, 3.05) is 19.0 Å². The van der Waals surface area contributed by atoms with Gasteiger partial charge in [-0.3, -0.25) is 0 Å². The molecule has 0 unspecified atom stereocenters. The maximum absolute atomic E-state index is 8.73. The van der Waals surface area contributed by atoms with Crippen LogP contribution in [0.1, 0.15) is 13.3 Å². The Morgan fingerprint density at radius 1 is 1.36 bits per heavy atom. The molecule has 0 bridgehead atoms. The van der Waals surface area contributed by atoms with E-state index < -0.39 is 0 Å². The van der Waals surface area contributed by atoms with Gasteiger partial charge in [-0.1, -0.05) is 19.1 Å². The van der Waals surface area contributed by atoms with E-state index in [9.17, 15) is 0 Å². The average molecular weight is 212 g/mol. The molecule has 0 fully saturated rings. The van der Waals surface area contributed by atoms with Crippen LogP contribution in [0.3, 0.4) is 0 Å². The molecule has 0 radical (unpaired) electrons. The van der Waals surface area contributed by atoms with Gasteiger partial charge in [0.05, 0.1) is 13.2 Å². The second kappa shape index (κ2) is 6.74. The highest BCUT2D eigenvalue weighted by Crippen LogP contribution is 2.28. The minimum absolute atomic E-state index is 0.201. The molecule has 0 aromatic heterocycles. The van der Waals surface area contributed by atoms with Gasteiger partial charge in [-0.2, -0.15) is 0 Å². The van der Waals surface area contributed by atoms with Crippen LogP contribution in [-0.4, -0.2) is 24.1 Å². The van der Waals surface area contributed by atoms with Gasteiger partial charge < -0.3 is 9.84 Å². The Balaban J connectivity index is 2.60. The summed E-state index contributed by atoms with van der Waals surface area (Å²) in [7, 11) is 0. The summed E-state index contributed by atoms with van der Waals surface area (Å²) in [6.07, 6.45) is 1.01. The van der Waals surface area contributed by atoms with Crippen molar-refractivity contribution < 1.29 is 9.84 Å². The van der Waals surface area contributed by atoms with Gasteiger partial charge in [-0.25, -0.2) is 0 Å². The Kier molecular flexibility index (Phi) is 5.49. The molecule has 14 heavy (non-hydrogen) atoms. The molecule has 0 amide bonds. The van der Waals surface area contributed by atoms with Crippen LogP contribution in [0.2, 0.25) is 0 Å². The van der Waals surface area contributed by atoms with Gasteiger partial charge in [0.25, 0.3) is 0 Å². The van der Waals surface area contributed by atoms with E-state index in [1.807, 2.05) is 24.3 Å². The summed E-state index contributed by atoms with van der Waals surface area (Å²) in [5.41, 5.74) is 0. The van der Waals surface area contributed by atoms with Crippen molar-refractivity contribution in [3.63, 3.8) is 0 Å². The quantitative estimate of drug-likeness (QED) is 0.735. The van der Waals surface area contributed by atoms with E-state index in [2.05, 4.69) is 6.92 Å². The molecule has 78 valence electrons. The molecule has 3 heteroatoms. The summed E-state index contributed by atoms with van der Waals surface area (Å²) in [5.74, 6) is 1.64. The van der Waals surface area contributed by atoms with Gasteiger partial charge in [-0.05, 0) is 18.6 Å². The van der Waals surface area contributed by atoms with Crippen LogP contribution in [-0.2, 0) is 0 Å². The fourth-order valence-corrected chi connectivity index (χ4v) is 1.81. The first-order valence-electron chi connectivity index (χ1n) is 4.84. The van der Waals surface area contributed by atoms with Crippen LogP contribution in [0.4, 0.5) is 0 Å². The zero-order valence-electron chi connectivity index (χ0n) is 8.40. The average Bonchev–Trinajstić information content (AvgIpc) is 2.24. The molecule has 0 heterocycles. The summed E-state index contributed by atoms with van der Waals surface area (Å²) >= 11 is 1.62. The molecule has 1 rings (SSSR count). The van der Waals surface area contributed by atoms with Gasteiger partial charge in [0.1, 0.15) is 5.75 Å². The van der Waals surface area contributed by atoms with Crippen LogP contribution in [0.5, 0.6) is 5.75 Å². The Morgan fingerprint density at radius 2 is 2.14 bits per heavy atom. The molecule has 1 aromatic carbocycles. The lowest BCUT2D eigenvalue weighted by atomic mass is 10.3. The molecule has 0 aliphatic heterocycles. The highest BCUT2D eigenvalue weighted by atomic mass is 32.2. The topological polar surface area (TPSA) is 29.5 Å². The largest absolute Gasteiger partial charge is 0.492 e. The molecule has 0 spiro atoms. The first-order valence-corrected chi connectivity index (χ1v) is 5.82. The van der Waals surface area contributed by atoms with Gasteiger partial charge in [0.15, 0.2) is 0 Å². The number of hydrogen-bond acceptors (Lipinski definition) is 3. The molecule has 0 aliphatic rings. The van der Waals surface area contributed by atoms with Crippen molar-refractivity contribution in [1.29, 1.82) is 0 Å². The Labute approximate surface area is 89.3 Å². The van der Waals surface area contributed by atoms with Gasteiger partial charge in [0.2, 0.25) is 0 Å². The number of benzene rings is 1. The number of rotatable bonds is 6. The number of aliphatic hydroxyl groups is 1. The van der Waals surface area contributed by atoms with E-state index in [0.29, 0.717) is 5.75 Å². The van der Waals surface area contributed by atoms with Gasteiger partial charge >= 0.3 is 0 Å². The van der Waals surface area contributed by atoms with Crippen LogP contribution < -0.4 is 4.74 Å². The van der Waals surface area contributed by atoms with Crippen molar-refractivity contribution in [1.82, 2.24) is 0 Å². The monoisotopic (exact) mass is 212 g/mol. The maximum Gasteiger partial charge on any atom is 0.132 e. The highest BCUT2D eigenvalue weighted by Gasteiger charge is 2.01. The Morgan fingerprint density at radius 3 is 2.86 bits per heavy atom. The molecule has 1 aromatic rings. The summed E-state index contributed by atoms with van der Waals surface area (Å²) in [6, 6.07) is 7.94. The van der Waals surface area contributed by atoms with Crippen LogP contribution in [0.15, 0.2) is 29.2 Å². The number of aliphatic hydroxyl groups excluding tert-OH is 1. The smallest absolute Gasteiger partial charge is 0.132 e. The Bertz CT molecular complexity index is 236. The second-order valence-corrected chi connectivity index (χ2v) is 4.00. The zero-order chi connectivity index (χ0) is 10.2. The van der Waals surface area contributed by atoms with E-state index >= 15 is 0 Å². The number of hydrogen-bond donors (Lipinski definition) is 1. The minimum Gasteiger partial charge on any atom is -0.492 e. The molecule has 0 saturated heterocycles. The molecule has 0 aliphatic carbocycles. The third-order valence-electron chi connectivity index (χ3n) is 1.66. The van der Waals surface area contributed by atoms with Crippen LogP contribution in [0, 0.1) is 0 Å². The summed E-state index contributed by atoms with van der Waals surface area (Å²) < 4.78 is 5.58. The van der Waals surface area contributed by atoms with Crippen molar-refractivity contribution in [2.24, 2.45) is 0 Å². The van der Waals surface area contributed by atoms with Crippen molar-refractivity contribution >= 4 is 11.8 Å². The molecular weight excluding hydrogens is 196 g/mol. The van der Waals surface area contributed by atoms with Gasteiger partial charge in [0, 0.05) is 10.6 Å². The SMILES string of the molecule is CCCOc1ccccc1SCCO. The van der Waals surface area contributed by atoms with Gasteiger partial charge in [-0.15, -0.1) is 11.8 Å². The van der Waals surface area contributed by atoms with Crippen molar-refractivity contribution in [3.8, 4) is 5.75 Å². The number of para-hydroxylation sites is 1. The number of thioether (sulfide) groups is 1. The predicted molar refractivity (Wildman–Crippen MR) is 60.0 cm³/mol. The van der Waals surface area contributed by atoms with E-state index in [4.69, 9.17) is 9.84 Å². The highest BCUT2D eigenvalue weighted by molar-refractivity contribution is 7.99. The van der Waals surface area contributed by atoms with Crippen LogP contribution >= 0.6 is 11.8 Å². The van der Waals surface area contributed by atoms with E-state index in [0.717, 1.165) is 23.7 Å². The maximum atomic E-state index is 8.73. The lowest BCUT2D eigenvalue weighted by Gasteiger charge is -2.09. The van der Waals surface area contributed by atoms with Crippen molar-refractivity contribution in [2.45, 2.75) is 18.2 Å². The summed E-state index contributed by atoms with van der Waals surface area (Å²) in [5, 5.41) is 8.73. The fourth-order valence-electron chi connectivity index (χ4n) is 1.06. The lowest BCUT2D eigenvalue weighted by molar-refractivity contribution is 0.309. The molecule has 2 nitrogen and oxygen atoms in total.